The quantitative estimate of drug-likeness (QED) is 0.822. The summed E-state index contributed by atoms with van der Waals surface area (Å²) in [4.78, 5) is 2.64. The van der Waals surface area contributed by atoms with Crippen LogP contribution in [0.15, 0.2) is 12.1 Å². The van der Waals surface area contributed by atoms with Crippen LogP contribution in [-0.4, -0.2) is 37.9 Å². The number of hydrogen-bond donors (Lipinski definition) is 2. The van der Waals surface area contributed by atoms with Gasteiger partial charge in [0, 0.05) is 29.4 Å². The molecular weight excluding hydrogens is 222 g/mol. The van der Waals surface area contributed by atoms with Crippen LogP contribution < -0.4 is 11.2 Å². The smallest absolute Gasteiger partial charge is 0.0680 e. The number of hydrogen-bond acceptors (Lipinski definition) is 5. The SMILES string of the molecule is Cc1ccc(C(CN)NN2CCOCC2)s1. The summed E-state index contributed by atoms with van der Waals surface area (Å²) >= 11 is 1.81. The van der Waals surface area contributed by atoms with Crippen molar-refractivity contribution < 1.29 is 4.74 Å². The van der Waals surface area contributed by atoms with Gasteiger partial charge in [-0.2, -0.15) is 0 Å². The van der Waals surface area contributed by atoms with Gasteiger partial charge >= 0.3 is 0 Å². The lowest BCUT2D eigenvalue weighted by Crippen LogP contribution is -2.48. The van der Waals surface area contributed by atoms with E-state index in [4.69, 9.17) is 10.5 Å². The van der Waals surface area contributed by atoms with Gasteiger partial charge in [0.25, 0.3) is 0 Å². The van der Waals surface area contributed by atoms with Crippen molar-refractivity contribution in [2.24, 2.45) is 5.73 Å². The molecule has 90 valence electrons. The maximum atomic E-state index is 5.82. The molecule has 0 amide bonds. The number of nitrogens with one attached hydrogen (secondary N) is 1. The van der Waals surface area contributed by atoms with E-state index < -0.39 is 0 Å². The Bertz CT molecular complexity index is 323. The first-order valence-electron chi connectivity index (χ1n) is 5.65. The molecule has 2 heterocycles. The molecule has 2 rings (SSSR count). The Kier molecular flexibility index (Phi) is 4.31. The standard InChI is InChI=1S/C11H19N3OS/c1-9-2-3-11(16-9)10(8-12)13-14-4-6-15-7-5-14/h2-3,10,13H,4-8,12H2,1H3. The molecule has 1 aromatic heterocycles. The van der Waals surface area contributed by atoms with E-state index in [0.717, 1.165) is 26.3 Å². The zero-order valence-electron chi connectivity index (χ0n) is 9.61. The van der Waals surface area contributed by atoms with Crippen molar-refractivity contribution in [3.8, 4) is 0 Å². The number of aryl methyl sites for hydroxylation is 1. The number of thiophene rings is 1. The van der Waals surface area contributed by atoms with E-state index in [1.54, 1.807) is 0 Å². The van der Waals surface area contributed by atoms with Crippen molar-refractivity contribution in [1.29, 1.82) is 0 Å². The molecular formula is C11H19N3OS. The van der Waals surface area contributed by atoms with Crippen LogP contribution in [0.5, 0.6) is 0 Å². The van der Waals surface area contributed by atoms with E-state index in [2.05, 4.69) is 29.5 Å². The third-order valence-corrected chi connectivity index (χ3v) is 3.80. The van der Waals surface area contributed by atoms with Crippen LogP contribution in [0.2, 0.25) is 0 Å². The Morgan fingerprint density at radius 1 is 1.50 bits per heavy atom. The van der Waals surface area contributed by atoms with E-state index >= 15 is 0 Å². The van der Waals surface area contributed by atoms with Gasteiger partial charge in [-0.25, -0.2) is 10.4 Å². The second-order valence-corrected chi connectivity index (χ2v) is 5.28. The van der Waals surface area contributed by atoms with Gasteiger partial charge in [0.15, 0.2) is 0 Å². The molecule has 1 saturated heterocycles. The van der Waals surface area contributed by atoms with Crippen LogP contribution in [-0.2, 0) is 4.74 Å². The fraction of sp³-hybridized carbons (Fsp3) is 0.636. The van der Waals surface area contributed by atoms with Crippen LogP contribution in [0, 0.1) is 6.92 Å². The molecule has 0 bridgehead atoms. The normalized spacial score (nSPS) is 19.9. The van der Waals surface area contributed by atoms with Gasteiger partial charge in [-0.3, -0.25) is 0 Å². The van der Waals surface area contributed by atoms with Gasteiger partial charge < -0.3 is 10.5 Å². The fourth-order valence-electron chi connectivity index (χ4n) is 1.79. The highest BCUT2D eigenvalue weighted by molar-refractivity contribution is 7.12. The highest BCUT2D eigenvalue weighted by atomic mass is 32.1. The molecule has 0 aromatic carbocycles. The zero-order chi connectivity index (χ0) is 11.4. The summed E-state index contributed by atoms with van der Waals surface area (Å²) in [6.45, 7) is 6.21. The summed E-state index contributed by atoms with van der Waals surface area (Å²) in [7, 11) is 0. The second kappa shape index (κ2) is 5.75. The Morgan fingerprint density at radius 2 is 2.25 bits per heavy atom. The lowest BCUT2D eigenvalue weighted by atomic mass is 10.2. The highest BCUT2D eigenvalue weighted by Crippen LogP contribution is 2.22. The Labute approximate surface area is 100 Å². The molecule has 5 heteroatoms. The first kappa shape index (κ1) is 12.0. The topological polar surface area (TPSA) is 50.5 Å². The Balaban J connectivity index is 1.94. The van der Waals surface area contributed by atoms with Crippen molar-refractivity contribution in [3.63, 3.8) is 0 Å². The van der Waals surface area contributed by atoms with Crippen LogP contribution >= 0.6 is 11.3 Å². The molecule has 0 radical (unpaired) electrons. The summed E-state index contributed by atoms with van der Waals surface area (Å²) < 4.78 is 5.31. The van der Waals surface area contributed by atoms with E-state index in [9.17, 15) is 0 Å². The molecule has 0 spiro atoms. The van der Waals surface area contributed by atoms with Gasteiger partial charge in [0.05, 0.1) is 19.3 Å². The molecule has 1 unspecified atom stereocenters. The Hall–Kier alpha value is -0.460. The van der Waals surface area contributed by atoms with Crippen molar-refractivity contribution in [1.82, 2.24) is 10.4 Å². The van der Waals surface area contributed by atoms with Crippen LogP contribution in [0.1, 0.15) is 15.8 Å². The van der Waals surface area contributed by atoms with E-state index in [1.165, 1.54) is 9.75 Å². The van der Waals surface area contributed by atoms with E-state index in [0.29, 0.717) is 6.54 Å². The van der Waals surface area contributed by atoms with Crippen molar-refractivity contribution in [2.45, 2.75) is 13.0 Å². The third kappa shape index (κ3) is 3.02. The zero-order valence-corrected chi connectivity index (χ0v) is 10.4. The predicted molar refractivity (Wildman–Crippen MR) is 66.4 cm³/mol. The van der Waals surface area contributed by atoms with Crippen molar-refractivity contribution in [3.05, 3.63) is 21.9 Å². The first-order valence-corrected chi connectivity index (χ1v) is 6.46. The maximum absolute atomic E-state index is 5.82. The number of nitrogens with zero attached hydrogens (tertiary/aromatic N) is 1. The average molecular weight is 241 g/mol. The number of morpholine rings is 1. The number of hydrazine groups is 1. The first-order chi connectivity index (χ1) is 7.79. The van der Waals surface area contributed by atoms with Gasteiger partial charge in [0.2, 0.25) is 0 Å². The lowest BCUT2D eigenvalue weighted by Gasteiger charge is -2.30. The minimum Gasteiger partial charge on any atom is -0.379 e. The average Bonchev–Trinajstić information content (AvgIpc) is 2.74. The predicted octanol–water partition coefficient (Wildman–Crippen LogP) is 0.893. The summed E-state index contributed by atoms with van der Waals surface area (Å²) in [5.74, 6) is 0. The molecule has 0 aliphatic carbocycles. The summed E-state index contributed by atoms with van der Waals surface area (Å²) in [6, 6.07) is 4.53. The molecule has 4 nitrogen and oxygen atoms in total. The van der Waals surface area contributed by atoms with Gasteiger partial charge in [-0.1, -0.05) is 0 Å². The molecule has 1 atom stereocenters. The molecule has 1 aromatic rings. The van der Waals surface area contributed by atoms with Crippen LogP contribution in [0.4, 0.5) is 0 Å². The maximum Gasteiger partial charge on any atom is 0.0680 e. The molecule has 0 saturated carbocycles. The van der Waals surface area contributed by atoms with Gasteiger partial charge in [0.1, 0.15) is 0 Å². The highest BCUT2D eigenvalue weighted by Gasteiger charge is 2.17. The van der Waals surface area contributed by atoms with Gasteiger partial charge in [-0.15, -0.1) is 11.3 Å². The Morgan fingerprint density at radius 3 is 2.81 bits per heavy atom. The summed E-state index contributed by atoms with van der Waals surface area (Å²) in [5.41, 5.74) is 9.29. The monoisotopic (exact) mass is 241 g/mol. The molecule has 1 aliphatic rings. The second-order valence-electron chi connectivity index (χ2n) is 3.97. The van der Waals surface area contributed by atoms with Crippen molar-refractivity contribution >= 4 is 11.3 Å². The van der Waals surface area contributed by atoms with Gasteiger partial charge in [-0.05, 0) is 19.1 Å². The number of ether oxygens (including phenoxy) is 1. The fourth-order valence-corrected chi connectivity index (χ4v) is 2.72. The van der Waals surface area contributed by atoms with Crippen LogP contribution in [0.3, 0.4) is 0 Å². The molecule has 1 fully saturated rings. The number of rotatable bonds is 4. The lowest BCUT2D eigenvalue weighted by molar-refractivity contribution is 0.00433. The largest absolute Gasteiger partial charge is 0.379 e. The summed E-state index contributed by atoms with van der Waals surface area (Å²) in [5, 5.41) is 2.20. The third-order valence-electron chi connectivity index (χ3n) is 2.69. The van der Waals surface area contributed by atoms with Crippen LogP contribution in [0.25, 0.3) is 0 Å². The summed E-state index contributed by atoms with van der Waals surface area (Å²) in [6.07, 6.45) is 0. The minimum atomic E-state index is 0.233. The van der Waals surface area contributed by atoms with Crippen molar-refractivity contribution in [2.75, 3.05) is 32.8 Å². The molecule has 16 heavy (non-hydrogen) atoms. The van der Waals surface area contributed by atoms with E-state index in [1.807, 2.05) is 11.3 Å². The number of nitrogens with two attached hydrogens (primary N) is 1. The molecule has 1 aliphatic heterocycles. The molecule has 3 N–H and O–H groups in total. The van der Waals surface area contributed by atoms with E-state index in [-0.39, 0.29) is 6.04 Å². The minimum absolute atomic E-state index is 0.233.